The van der Waals surface area contributed by atoms with Gasteiger partial charge < -0.3 is 14.2 Å². The first kappa shape index (κ1) is 15.0. The van der Waals surface area contributed by atoms with E-state index in [0.717, 1.165) is 17.3 Å². The maximum Gasteiger partial charge on any atom is 0.273 e. The maximum absolute atomic E-state index is 12.8. The van der Waals surface area contributed by atoms with Crippen LogP contribution in [0.4, 0.5) is 0 Å². The van der Waals surface area contributed by atoms with Crippen molar-refractivity contribution < 1.29 is 9.53 Å². The van der Waals surface area contributed by atoms with Crippen molar-refractivity contribution in [1.29, 1.82) is 0 Å². The van der Waals surface area contributed by atoms with Crippen LogP contribution in [0.15, 0.2) is 48.1 Å². The van der Waals surface area contributed by atoms with Gasteiger partial charge in [-0.1, -0.05) is 6.07 Å². The Morgan fingerprint density at radius 1 is 1.25 bits per heavy atom. The van der Waals surface area contributed by atoms with Crippen LogP contribution in [-0.4, -0.2) is 34.0 Å². The van der Waals surface area contributed by atoms with Gasteiger partial charge in [-0.3, -0.25) is 4.79 Å². The second kappa shape index (κ2) is 6.13. The number of thiazole rings is 1. The Balaban J connectivity index is 1.53. The molecular formula is C18H17N3O2S. The van der Waals surface area contributed by atoms with Crippen LogP contribution in [-0.2, 0) is 13.0 Å². The summed E-state index contributed by atoms with van der Waals surface area (Å²) in [6, 6.07) is 9.93. The third kappa shape index (κ3) is 2.69. The summed E-state index contributed by atoms with van der Waals surface area (Å²) in [4.78, 5) is 19.1. The van der Waals surface area contributed by atoms with Gasteiger partial charge in [0.2, 0.25) is 0 Å². The zero-order valence-corrected chi connectivity index (χ0v) is 14.1. The zero-order valence-electron chi connectivity index (χ0n) is 13.3. The summed E-state index contributed by atoms with van der Waals surface area (Å²) in [6.45, 7) is 1.32. The van der Waals surface area contributed by atoms with Crippen molar-refractivity contribution >= 4 is 17.2 Å². The van der Waals surface area contributed by atoms with Gasteiger partial charge in [0.15, 0.2) is 5.13 Å². The van der Waals surface area contributed by atoms with Crippen LogP contribution in [0, 0.1) is 0 Å². The highest BCUT2D eigenvalue weighted by Gasteiger charge is 2.24. The minimum absolute atomic E-state index is 0.00822. The number of carbonyl (C=O) groups excluding carboxylic acids is 1. The molecule has 3 aromatic rings. The second-order valence-electron chi connectivity index (χ2n) is 5.72. The molecular weight excluding hydrogens is 322 g/mol. The average Bonchev–Trinajstić information content (AvgIpc) is 3.31. The quantitative estimate of drug-likeness (QED) is 0.736. The number of benzene rings is 1. The topological polar surface area (TPSA) is 47.4 Å². The molecule has 1 amide bonds. The number of rotatable bonds is 3. The van der Waals surface area contributed by atoms with Gasteiger partial charge in [0.25, 0.3) is 5.91 Å². The summed E-state index contributed by atoms with van der Waals surface area (Å²) in [7, 11) is 1.67. The SMILES string of the molecule is COc1ccc2c(c1)CCN(C(=O)c1csc(-n3cccc3)n1)C2. The highest BCUT2D eigenvalue weighted by molar-refractivity contribution is 7.12. The predicted octanol–water partition coefficient (Wildman–Crippen LogP) is 3.14. The van der Waals surface area contributed by atoms with Crippen molar-refractivity contribution in [1.82, 2.24) is 14.5 Å². The van der Waals surface area contributed by atoms with Crippen molar-refractivity contribution in [3.05, 3.63) is 64.9 Å². The van der Waals surface area contributed by atoms with E-state index < -0.39 is 0 Å². The lowest BCUT2D eigenvalue weighted by Crippen LogP contribution is -2.36. The predicted molar refractivity (Wildman–Crippen MR) is 92.9 cm³/mol. The molecule has 0 aliphatic carbocycles. The minimum Gasteiger partial charge on any atom is -0.497 e. The van der Waals surface area contributed by atoms with Gasteiger partial charge in [-0.05, 0) is 41.8 Å². The standard InChI is InChI=1S/C18H17N3O2S/c1-23-15-5-4-14-11-21(9-6-13(14)10-15)17(22)16-12-24-18(19-16)20-7-2-3-8-20/h2-5,7-8,10,12H,6,9,11H2,1H3. The van der Waals surface area contributed by atoms with E-state index in [9.17, 15) is 4.79 Å². The first-order chi connectivity index (χ1) is 11.7. The number of ether oxygens (including phenoxy) is 1. The summed E-state index contributed by atoms with van der Waals surface area (Å²) in [5.41, 5.74) is 2.95. The lowest BCUT2D eigenvalue weighted by atomic mass is 9.99. The van der Waals surface area contributed by atoms with Gasteiger partial charge in [-0.15, -0.1) is 11.3 Å². The number of amides is 1. The molecule has 1 aliphatic rings. The Morgan fingerprint density at radius 3 is 2.88 bits per heavy atom. The van der Waals surface area contributed by atoms with Gasteiger partial charge in [0.05, 0.1) is 7.11 Å². The molecule has 24 heavy (non-hydrogen) atoms. The molecule has 6 heteroatoms. The van der Waals surface area contributed by atoms with Crippen molar-refractivity contribution in [2.24, 2.45) is 0 Å². The fourth-order valence-corrected chi connectivity index (χ4v) is 3.70. The highest BCUT2D eigenvalue weighted by atomic mass is 32.1. The summed E-state index contributed by atoms with van der Waals surface area (Å²) in [5, 5.41) is 2.65. The number of methoxy groups -OCH3 is 1. The van der Waals surface area contributed by atoms with Crippen LogP contribution in [0.5, 0.6) is 5.75 Å². The molecule has 5 nitrogen and oxygen atoms in total. The van der Waals surface area contributed by atoms with Crippen LogP contribution in [0.25, 0.3) is 5.13 Å². The van der Waals surface area contributed by atoms with E-state index in [-0.39, 0.29) is 5.91 Å². The zero-order chi connectivity index (χ0) is 16.5. The first-order valence-corrected chi connectivity index (χ1v) is 8.66. The van der Waals surface area contributed by atoms with Crippen LogP contribution in [0.1, 0.15) is 21.6 Å². The van der Waals surface area contributed by atoms with E-state index in [1.807, 2.05) is 51.5 Å². The molecule has 1 aliphatic heterocycles. The van der Waals surface area contributed by atoms with Crippen LogP contribution >= 0.6 is 11.3 Å². The summed E-state index contributed by atoms with van der Waals surface area (Å²) in [5.74, 6) is 0.857. The summed E-state index contributed by atoms with van der Waals surface area (Å²) < 4.78 is 7.19. The summed E-state index contributed by atoms with van der Waals surface area (Å²) >= 11 is 1.48. The third-order valence-electron chi connectivity index (χ3n) is 4.25. The monoisotopic (exact) mass is 339 g/mol. The van der Waals surface area contributed by atoms with Crippen LogP contribution < -0.4 is 4.74 Å². The van der Waals surface area contributed by atoms with E-state index >= 15 is 0 Å². The fourth-order valence-electron chi connectivity index (χ4n) is 2.93. The number of hydrogen-bond acceptors (Lipinski definition) is 4. The van der Waals surface area contributed by atoms with Crippen LogP contribution in [0.3, 0.4) is 0 Å². The van der Waals surface area contributed by atoms with Gasteiger partial charge >= 0.3 is 0 Å². The van der Waals surface area contributed by atoms with E-state index in [1.165, 1.54) is 22.5 Å². The molecule has 0 bridgehead atoms. The lowest BCUT2D eigenvalue weighted by molar-refractivity contribution is 0.0729. The second-order valence-corrected chi connectivity index (χ2v) is 6.55. The molecule has 3 heterocycles. The molecule has 0 radical (unpaired) electrons. The molecule has 1 aromatic carbocycles. The highest BCUT2D eigenvalue weighted by Crippen LogP contribution is 2.25. The molecule has 4 rings (SSSR count). The van der Waals surface area contributed by atoms with Crippen molar-refractivity contribution in [2.45, 2.75) is 13.0 Å². The molecule has 0 saturated carbocycles. The maximum atomic E-state index is 12.8. The van der Waals surface area contributed by atoms with Crippen molar-refractivity contribution in [3.63, 3.8) is 0 Å². The first-order valence-electron chi connectivity index (χ1n) is 7.78. The lowest BCUT2D eigenvalue weighted by Gasteiger charge is -2.28. The molecule has 122 valence electrons. The minimum atomic E-state index is -0.00822. The Kier molecular flexibility index (Phi) is 3.82. The van der Waals surface area contributed by atoms with E-state index in [4.69, 9.17) is 4.74 Å². The fraction of sp³-hybridized carbons (Fsp3) is 0.222. The van der Waals surface area contributed by atoms with Gasteiger partial charge in [-0.2, -0.15) is 0 Å². The molecule has 2 aromatic heterocycles. The van der Waals surface area contributed by atoms with Crippen LogP contribution in [0.2, 0.25) is 0 Å². The third-order valence-corrected chi connectivity index (χ3v) is 5.10. The number of aromatic nitrogens is 2. The van der Waals surface area contributed by atoms with E-state index in [2.05, 4.69) is 11.1 Å². The number of fused-ring (bicyclic) bond motifs is 1. The van der Waals surface area contributed by atoms with Crippen molar-refractivity contribution in [3.8, 4) is 10.9 Å². The van der Waals surface area contributed by atoms with Gasteiger partial charge in [0, 0.05) is 30.9 Å². The molecule has 0 unspecified atom stereocenters. The largest absolute Gasteiger partial charge is 0.497 e. The molecule has 0 atom stereocenters. The Bertz CT molecular complexity index is 870. The smallest absolute Gasteiger partial charge is 0.273 e. The van der Waals surface area contributed by atoms with Gasteiger partial charge in [-0.25, -0.2) is 4.98 Å². The molecule has 0 spiro atoms. The van der Waals surface area contributed by atoms with Crippen molar-refractivity contribution in [2.75, 3.05) is 13.7 Å². The summed E-state index contributed by atoms with van der Waals surface area (Å²) in [6.07, 6.45) is 4.70. The Labute approximate surface area is 144 Å². The molecule has 0 fully saturated rings. The number of carbonyl (C=O) groups is 1. The number of nitrogens with zero attached hydrogens (tertiary/aromatic N) is 3. The number of hydrogen-bond donors (Lipinski definition) is 0. The van der Waals surface area contributed by atoms with E-state index in [1.54, 1.807) is 7.11 Å². The molecule has 0 N–H and O–H groups in total. The van der Waals surface area contributed by atoms with Gasteiger partial charge in [0.1, 0.15) is 11.4 Å². The molecule has 0 saturated heterocycles. The normalized spacial score (nSPS) is 13.6. The Morgan fingerprint density at radius 2 is 2.08 bits per heavy atom. The average molecular weight is 339 g/mol. The van der Waals surface area contributed by atoms with E-state index in [0.29, 0.717) is 18.8 Å². The Hall–Kier alpha value is -2.60.